The number of benzene rings is 2. The van der Waals surface area contributed by atoms with E-state index < -0.39 is 33.6 Å². The lowest BCUT2D eigenvalue weighted by atomic mass is 9.89. The van der Waals surface area contributed by atoms with Crippen molar-refractivity contribution in [1.82, 2.24) is 5.23 Å². The third-order valence-corrected chi connectivity index (χ3v) is 5.59. The Bertz CT molecular complexity index is 1000. The Balaban J connectivity index is 1.36. The molecule has 0 aromatic heterocycles. The van der Waals surface area contributed by atoms with Crippen LogP contribution in [0.15, 0.2) is 48.5 Å². The van der Waals surface area contributed by atoms with Crippen molar-refractivity contribution in [1.29, 1.82) is 0 Å². The molecule has 2 aromatic carbocycles. The molecule has 0 unspecified atom stereocenters. The smallest absolute Gasteiger partial charge is 0.331 e. The maximum absolute atomic E-state index is 12.9. The largest absolute Gasteiger partial charge is 0.491 e. The molecule has 35 heavy (non-hydrogen) atoms. The van der Waals surface area contributed by atoms with Gasteiger partial charge in [0.25, 0.3) is 11.4 Å². The summed E-state index contributed by atoms with van der Waals surface area (Å²) in [5.41, 5.74) is -1.28. The number of nitro benzene ring substituents is 2. The van der Waals surface area contributed by atoms with Crippen LogP contribution in [0, 0.1) is 20.2 Å². The molecule has 2 heterocycles. The number of fused-ring (bicyclic) bond motifs is 1. The van der Waals surface area contributed by atoms with Crippen LogP contribution in [0.25, 0.3) is 0 Å². The Morgan fingerprint density at radius 3 is 1.71 bits per heavy atom. The number of hydrogen-bond donors (Lipinski definition) is 0. The second-order valence-electron chi connectivity index (χ2n) is 8.00. The van der Waals surface area contributed by atoms with E-state index in [2.05, 4.69) is 0 Å². The van der Waals surface area contributed by atoms with Gasteiger partial charge in [-0.05, 0) is 36.4 Å². The lowest BCUT2D eigenvalue weighted by molar-refractivity contribution is -0.385. The minimum atomic E-state index is -1.18. The summed E-state index contributed by atoms with van der Waals surface area (Å²) in [6, 6.07) is 11.3. The third kappa shape index (κ3) is 5.31. The fraction of sp³-hybridized carbons (Fsp3) is 0.409. The SMILES string of the molecule is CCOC(=O)C12C[C@@H](COc3ccc([N+](=O)[O-])cc3)ON1O[C@H](COc1ccc([N+](=O)[O-])cc1)C2. The molecule has 0 saturated carbocycles. The Morgan fingerprint density at radius 1 is 0.914 bits per heavy atom. The summed E-state index contributed by atoms with van der Waals surface area (Å²) in [7, 11) is 0. The Hall–Kier alpha value is -3.81. The summed E-state index contributed by atoms with van der Waals surface area (Å²) < 4.78 is 16.6. The minimum Gasteiger partial charge on any atom is -0.491 e. The monoisotopic (exact) mass is 489 g/mol. The van der Waals surface area contributed by atoms with Crippen molar-refractivity contribution >= 4 is 17.3 Å². The Labute approximate surface area is 199 Å². The van der Waals surface area contributed by atoms with Crippen LogP contribution >= 0.6 is 0 Å². The second-order valence-corrected chi connectivity index (χ2v) is 8.00. The number of ether oxygens (including phenoxy) is 3. The molecule has 2 aliphatic heterocycles. The van der Waals surface area contributed by atoms with E-state index >= 15 is 0 Å². The van der Waals surface area contributed by atoms with Crippen LogP contribution in [0.5, 0.6) is 11.5 Å². The van der Waals surface area contributed by atoms with E-state index in [1.807, 2.05) is 0 Å². The molecule has 0 bridgehead atoms. The van der Waals surface area contributed by atoms with E-state index in [4.69, 9.17) is 23.9 Å². The van der Waals surface area contributed by atoms with Crippen LogP contribution in [-0.2, 0) is 19.2 Å². The number of rotatable bonds is 10. The zero-order valence-corrected chi connectivity index (χ0v) is 18.7. The topological polar surface area (TPSA) is 153 Å². The van der Waals surface area contributed by atoms with E-state index in [0.717, 1.165) is 5.23 Å². The van der Waals surface area contributed by atoms with E-state index in [1.165, 1.54) is 48.5 Å². The molecule has 2 fully saturated rings. The predicted octanol–water partition coefficient (Wildman–Crippen LogP) is 2.97. The van der Waals surface area contributed by atoms with Crippen molar-refractivity contribution in [2.75, 3.05) is 19.8 Å². The average molecular weight is 489 g/mol. The van der Waals surface area contributed by atoms with Crippen LogP contribution in [0.3, 0.4) is 0 Å². The molecule has 2 aliphatic rings. The molecule has 0 amide bonds. The Kier molecular flexibility index (Phi) is 7.10. The van der Waals surface area contributed by atoms with Crippen LogP contribution in [0.1, 0.15) is 19.8 Å². The molecular weight excluding hydrogens is 466 g/mol. The number of nitrogens with zero attached hydrogens (tertiary/aromatic N) is 3. The lowest BCUT2D eigenvalue weighted by Crippen LogP contribution is -2.46. The molecular formula is C22H23N3O10. The van der Waals surface area contributed by atoms with E-state index in [1.54, 1.807) is 6.92 Å². The van der Waals surface area contributed by atoms with E-state index in [-0.39, 0.29) is 44.0 Å². The molecule has 13 nitrogen and oxygen atoms in total. The first-order valence-corrected chi connectivity index (χ1v) is 10.9. The number of hydrogen-bond acceptors (Lipinski definition) is 11. The quantitative estimate of drug-likeness (QED) is 0.275. The van der Waals surface area contributed by atoms with Crippen LogP contribution in [0.4, 0.5) is 11.4 Å². The summed E-state index contributed by atoms with van der Waals surface area (Å²) in [6.45, 7) is 2.06. The Morgan fingerprint density at radius 2 is 1.34 bits per heavy atom. The number of hydroxylamine groups is 2. The molecule has 0 aliphatic carbocycles. The van der Waals surface area contributed by atoms with Gasteiger partial charge in [-0.1, -0.05) is 0 Å². The van der Waals surface area contributed by atoms with Crippen LogP contribution in [-0.4, -0.2) is 58.6 Å². The lowest BCUT2D eigenvalue weighted by Gasteiger charge is -2.23. The van der Waals surface area contributed by atoms with Gasteiger partial charge in [-0.3, -0.25) is 29.9 Å². The van der Waals surface area contributed by atoms with Gasteiger partial charge in [0.05, 0.1) is 16.5 Å². The summed E-state index contributed by atoms with van der Waals surface area (Å²) in [5.74, 6) is 0.356. The predicted molar refractivity (Wildman–Crippen MR) is 117 cm³/mol. The van der Waals surface area contributed by atoms with Crippen molar-refractivity contribution in [3.63, 3.8) is 0 Å². The van der Waals surface area contributed by atoms with Gasteiger partial charge in [0.1, 0.15) is 36.9 Å². The first-order chi connectivity index (χ1) is 16.8. The molecule has 2 atom stereocenters. The highest BCUT2D eigenvalue weighted by atomic mass is 17.0. The highest BCUT2D eigenvalue weighted by Gasteiger charge is 2.61. The molecule has 2 aromatic rings. The molecule has 4 rings (SSSR count). The number of carbonyl (C=O) groups is 1. The molecule has 0 radical (unpaired) electrons. The van der Waals surface area contributed by atoms with Gasteiger partial charge in [-0.15, -0.1) is 0 Å². The van der Waals surface area contributed by atoms with Crippen molar-refractivity contribution in [2.24, 2.45) is 0 Å². The molecule has 0 N–H and O–H groups in total. The van der Waals surface area contributed by atoms with Crippen molar-refractivity contribution in [3.8, 4) is 11.5 Å². The third-order valence-electron chi connectivity index (χ3n) is 5.59. The molecule has 186 valence electrons. The number of nitro groups is 2. The number of carbonyl (C=O) groups excluding carboxylic acids is 1. The number of esters is 1. The normalized spacial score (nSPS) is 20.7. The molecule has 0 spiro atoms. The van der Waals surface area contributed by atoms with E-state index in [0.29, 0.717) is 11.5 Å². The first-order valence-electron chi connectivity index (χ1n) is 10.9. The van der Waals surface area contributed by atoms with Gasteiger partial charge in [-0.25, -0.2) is 4.79 Å². The van der Waals surface area contributed by atoms with E-state index in [9.17, 15) is 25.0 Å². The van der Waals surface area contributed by atoms with Crippen LogP contribution in [0.2, 0.25) is 0 Å². The van der Waals surface area contributed by atoms with Gasteiger partial charge in [0, 0.05) is 37.1 Å². The summed E-state index contributed by atoms with van der Waals surface area (Å²) >= 11 is 0. The summed E-state index contributed by atoms with van der Waals surface area (Å²) in [6.07, 6.45) is -0.558. The van der Waals surface area contributed by atoms with Crippen LogP contribution < -0.4 is 9.47 Å². The highest BCUT2D eigenvalue weighted by Crippen LogP contribution is 2.43. The standard InChI is InChI=1S/C22H23N3O10/c1-2-31-21(26)22-11-19(13-32-17-7-3-15(4-8-17)23(27)28)34-25(22)35-20(12-22)14-33-18-9-5-16(6-10-18)24(29)30/h3-10,19-20H,2,11-14H2,1H3/t19-,20-/m0/s1. The fourth-order valence-corrected chi connectivity index (χ4v) is 3.95. The maximum Gasteiger partial charge on any atom is 0.331 e. The van der Waals surface area contributed by atoms with Gasteiger partial charge in [-0.2, -0.15) is 0 Å². The van der Waals surface area contributed by atoms with Gasteiger partial charge >= 0.3 is 5.97 Å². The van der Waals surface area contributed by atoms with Crippen molar-refractivity contribution < 1.29 is 38.5 Å². The van der Waals surface area contributed by atoms with Gasteiger partial charge in [0.2, 0.25) is 0 Å². The second kappa shape index (κ2) is 10.2. The zero-order chi connectivity index (χ0) is 25.0. The highest BCUT2D eigenvalue weighted by molar-refractivity contribution is 5.81. The first kappa shape index (κ1) is 24.3. The average Bonchev–Trinajstić information content (AvgIpc) is 3.37. The number of non-ortho nitro benzene ring substituents is 2. The van der Waals surface area contributed by atoms with Crippen molar-refractivity contribution in [3.05, 3.63) is 68.8 Å². The summed E-state index contributed by atoms with van der Waals surface area (Å²) in [5, 5.41) is 22.7. The molecule has 13 heteroatoms. The molecule has 2 saturated heterocycles. The summed E-state index contributed by atoms with van der Waals surface area (Å²) in [4.78, 5) is 45.0. The maximum atomic E-state index is 12.9. The fourth-order valence-electron chi connectivity index (χ4n) is 3.95. The van der Waals surface area contributed by atoms with Gasteiger partial charge in [0.15, 0.2) is 5.54 Å². The minimum absolute atomic E-state index is 0.0493. The van der Waals surface area contributed by atoms with Crippen molar-refractivity contribution in [2.45, 2.75) is 37.5 Å². The zero-order valence-electron chi connectivity index (χ0n) is 18.7. The van der Waals surface area contributed by atoms with Gasteiger partial charge < -0.3 is 14.2 Å².